The van der Waals surface area contributed by atoms with Crippen LogP contribution < -0.4 is 0 Å². The molecule has 1 aromatic carbocycles. The smallest absolute Gasteiger partial charge is 0.192 e. The summed E-state index contributed by atoms with van der Waals surface area (Å²) < 4.78 is 7.86. The minimum Gasteiger partial charge on any atom is -0.410 e. The molecule has 0 aliphatic heterocycles. The zero-order valence-corrected chi connectivity index (χ0v) is 14.6. The molecule has 0 spiro atoms. The molecular weight excluding hydrogens is 268 g/mol. The summed E-state index contributed by atoms with van der Waals surface area (Å²) in [6, 6.07) is 8.73. The van der Waals surface area contributed by atoms with Gasteiger partial charge in [0.25, 0.3) is 0 Å². The molecule has 1 aromatic heterocycles. The van der Waals surface area contributed by atoms with Crippen LogP contribution >= 0.6 is 11.3 Å². The second-order valence-electron chi connectivity index (χ2n) is 6.70. The van der Waals surface area contributed by atoms with Gasteiger partial charge in [-0.25, -0.2) is 0 Å². The fourth-order valence-electron chi connectivity index (χ4n) is 2.05. The van der Waals surface area contributed by atoms with Crippen LogP contribution in [0.15, 0.2) is 29.6 Å². The van der Waals surface area contributed by atoms with E-state index in [1.165, 1.54) is 15.6 Å². The van der Waals surface area contributed by atoms with Crippen LogP contribution in [0.4, 0.5) is 0 Å². The average Bonchev–Trinajstić information content (AvgIpc) is 2.73. The first-order valence-corrected chi connectivity index (χ1v) is 10.6. The highest BCUT2D eigenvalue weighted by Gasteiger charge is 2.38. The van der Waals surface area contributed by atoms with Crippen LogP contribution in [-0.2, 0) is 4.43 Å². The van der Waals surface area contributed by atoms with E-state index in [1.54, 1.807) is 11.3 Å². The zero-order chi connectivity index (χ0) is 14.3. The lowest BCUT2D eigenvalue weighted by molar-refractivity contribution is 0.204. The van der Waals surface area contributed by atoms with Crippen molar-refractivity contribution in [2.75, 3.05) is 0 Å². The number of fused-ring (bicyclic) bond motifs is 1. The lowest BCUT2D eigenvalue weighted by Gasteiger charge is -2.38. The van der Waals surface area contributed by atoms with E-state index in [9.17, 15) is 0 Å². The van der Waals surface area contributed by atoms with Crippen LogP contribution in [0.1, 0.15) is 39.4 Å². The van der Waals surface area contributed by atoms with Crippen molar-refractivity contribution >= 4 is 29.7 Å². The first-order valence-electron chi connectivity index (χ1n) is 6.86. The number of rotatable bonds is 3. The first kappa shape index (κ1) is 14.8. The fourth-order valence-corrected chi connectivity index (χ4v) is 4.24. The average molecular weight is 293 g/mol. The van der Waals surface area contributed by atoms with Crippen molar-refractivity contribution in [1.29, 1.82) is 0 Å². The van der Waals surface area contributed by atoms with Crippen LogP contribution in [0, 0.1) is 0 Å². The van der Waals surface area contributed by atoms with Gasteiger partial charge in [0.05, 0.1) is 6.10 Å². The highest BCUT2D eigenvalue weighted by molar-refractivity contribution is 7.17. The molecule has 1 heterocycles. The topological polar surface area (TPSA) is 9.23 Å². The Morgan fingerprint density at radius 3 is 2.47 bits per heavy atom. The number of thiophene rings is 1. The molecule has 1 nitrogen and oxygen atoms in total. The Hall–Kier alpha value is -0.643. The fraction of sp³-hybridized carbons (Fsp3) is 0.500. The van der Waals surface area contributed by atoms with Gasteiger partial charge >= 0.3 is 0 Å². The maximum atomic E-state index is 6.51. The minimum atomic E-state index is -1.71. The van der Waals surface area contributed by atoms with E-state index in [4.69, 9.17) is 4.43 Å². The summed E-state index contributed by atoms with van der Waals surface area (Å²) in [5.74, 6) is 0. The van der Waals surface area contributed by atoms with Crippen molar-refractivity contribution in [1.82, 2.24) is 0 Å². The van der Waals surface area contributed by atoms with Gasteiger partial charge in [0.15, 0.2) is 8.32 Å². The van der Waals surface area contributed by atoms with Gasteiger partial charge in [-0.05, 0) is 53.5 Å². The van der Waals surface area contributed by atoms with E-state index in [0.717, 1.165) is 0 Å². The Labute approximate surface area is 121 Å². The molecular formula is C16H24OSSi. The molecule has 104 valence electrons. The summed E-state index contributed by atoms with van der Waals surface area (Å²) in [5, 5.41) is 3.76. The van der Waals surface area contributed by atoms with E-state index in [0.29, 0.717) is 0 Å². The van der Waals surface area contributed by atoms with E-state index < -0.39 is 8.32 Å². The van der Waals surface area contributed by atoms with Gasteiger partial charge in [0.2, 0.25) is 0 Å². The molecule has 0 radical (unpaired) electrons. The van der Waals surface area contributed by atoms with Gasteiger partial charge in [0.1, 0.15) is 0 Å². The van der Waals surface area contributed by atoms with Crippen molar-refractivity contribution in [2.45, 2.75) is 51.9 Å². The highest BCUT2D eigenvalue weighted by Crippen LogP contribution is 2.40. The van der Waals surface area contributed by atoms with Crippen molar-refractivity contribution in [3.05, 3.63) is 35.2 Å². The Kier molecular flexibility index (Phi) is 3.91. The SMILES string of the molecule is C[C@@H](O[Si](C)(C)C(C)(C)C)c1cccc2sccc12. The molecule has 3 heteroatoms. The molecule has 0 aliphatic carbocycles. The van der Waals surface area contributed by atoms with Crippen LogP contribution in [0.5, 0.6) is 0 Å². The third kappa shape index (κ3) is 2.93. The van der Waals surface area contributed by atoms with E-state index in [-0.39, 0.29) is 11.1 Å². The largest absolute Gasteiger partial charge is 0.410 e. The molecule has 19 heavy (non-hydrogen) atoms. The monoisotopic (exact) mass is 292 g/mol. The third-order valence-electron chi connectivity index (χ3n) is 4.25. The predicted molar refractivity (Wildman–Crippen MR) is 88.5 cm³/mol. The lowest BCUT2D eigenvalue weighted by Crippen LogP contribution is -2.41. The standard InChI is InChI=1S/C16H24OSSi/c1-12(17-19(5,6)16(2,3)4)13-8-7-9-15-14(13)10-11-18-15/h7-12H,1-6H3/t12-/m1/s1. The molecule has 2 aromatic rings. The molecule has 0 bridgehead atoms. The lowest BCUT2D eigenvalue weighted by atomic mass is 10.1. The Morgan fingerprint density at radius 1 is 1.16 bits per heavy atom. The summed E-state index contributed by atoms with van der Waals surface area (Å²) in [5.41, 5.74) is 1.32. The van der Waals surface area contributed by atoms with Gasteiger partial charge in [-0.15, -0.1) is 11.3 Å². The van der Waals surface area contributed by atoms with Gasteiger partial charge < -0.3 is 4.43 Å². The molecule has 2 rings (SSSR count). The van der Waals surface area contributed by atoms with Crippen LogP contribution in [-0.4, -0.2) is 8.32 Å². The summed E-state index contributed by atoms with van der Waals surface area (Å²) in [6.07, 6.45) is 0.166. The summed E-state index contributed by atoms with van der Waals surface area (Å²) in [4.78, 5) is 0. The molecule has 0 N–H and O–H groups in total. The predicted octanol–water partition coefficient (Wildman–Crippen LogP) is 5.98. The van der Waals surface area contributed by atoms with E-state index in [1.807, 2.05) is 0 Å². The third-order valence-corrected chi connectivity index (χ3v) is 9.68. The Morgan fingerprint density at radius 2 is 1.84 bits per heavy atom. The molecule has 1 atom stereocenters. The molecule has 0 saturated heterocycles. The molecule has 0 unspecified atom stereocenters. The minimum absolute atomic E-state index is 0.166. The van der Waals surface area contributed by atoms with Crippen molar-refractivity contribution < 1.29 is 4.43 Å². The summed E-state index contributed by atoms with van der Waals surface area (Å²) in [6.45, 7) is 13.7. The van der Waals surface area contributed by atoms with Gasteiger partial charge in [-0.2, -0.15) is 0 Å². The maximum Gasteiger partial charge on any atom is 0.192 e. The highest BCUT2D eigenvalue weighted by atomic mass is 32.1. The maximum absolute atomic E-state index is 6.51. The molecule has 0 fully saturated rings. The molecule has 0 saturated carbocycles. The van der Waals surface area contributed by atoms with Gasteiger partial charge in [-0.1, -0.05) is 32.9 Å². The number of hydrogen-bond donors (Lipinski definition) is 0. The van der Waals surface area contributed by atoms with Crippen molar-refractivity contribution in [3.8, 4) is 0 Å². The first-order chi connectivity index (χ1) is 8.72. The zero-order valence-electron chi connectivity index (χ0n) is 12.8. The number of benzene rings is 1. The van der Waals surface area contributed by atoms with E-state index >= 15 is 0 Å². The van der Waals surface area contributed by atoms with Crippen molar-refractivity contribution in [3.63, 3.8) is 0 Å². The summed E-state index contributed by atoms with van der Waals surface area (Å²) >= 11 is 1.80. The normalized spacial score (nSPS) is 14.8. The Bertz CT molecular complexity index is 565. The van der Waals surface area contributed by atoms with Crippen LogP contribution in [0.2, 0.25) is 18.1 Å². The van der Waals surface area contributed by atoms with Gasteiger partial charge in [0, 0.05) is 4.70 Å². The quantitative estimate of drug-likeness (QED) is 0.632. The summed E-state index contributed by atoms with van der Waals surface area (Å²) in [7, 11) is -1.71. The second-order valence-corrected chi connectivity index (χ2v) is 12.4. The van der Waals surface area contributed by atoms with E-state index in [2.05, 4.69) is 70.4 Å². The second kappa shape index (κ2) is 5.04. The molecule has 0 aliphatic rings. The number of hydrogen-bond acceptors (Lipinski definition) is 2. The van der Waals surface area contributed by atoms with Crippen molar-refractivity contribution in [2.24, 2.45) is 0 Å². The van der Waals surface area contributed by atoms with Gasteiger partial charge in [-0.3, -0.25) is 0 Å². The van der Waals surface area contributed by atoms with Crippen LogP contribution in [0.25, 0.3) is 10.1 Å². The Balaban J connectivity index is 2.30. The van der Waals surface area contributed by atoms with Crippen LogP contribution in [0.3, 0.4) is 0 Å². The molecule has 0 amide bonds.